The average molecular weight is 262 g/mol. The minimum atomic E-state index is -4.83. The number of rotatable bonds is 4. The Balaban J connectivity index is 3.08. The molecule has 1 unspecified atom stereocenters. The Morgan fingerprint density at radius 1 is 1.44 bits per heavy atom. The summed E-state index contributed by atoms with van der Waals surface area (Å²) in [7, 11) is 0. The van der Waals surface area contributed by atoms with E-state index in [4.69, 9.17) is 10.5 Å². The number of pyridine rings is 1. The van der Waals surface area contributed by atoms with E-state index in [-0.39, 0.29) is 11.3 Å². The molecule has 1 rings (SSSR count). The van der Waals surface area contributed by atoms with Crippen LogP contribution in [0, 0.1) is 0 Å². The number of nitrogens with two attached hydrogens (primary N) is 1. The van der Waals surface area contributed by atoms with Crippen molar-refractivity contribution in [3.63, 3.8) is 0 Å². The summed E-state index contributed by atoms with van der Waals surface area (Å²) in [5.41, 5.74) is 1.87. The molecular formula is C11H13F3N2O2. The average Bonchev–Trinajstić information content (AvgIpc) is 2.27. The summed E-state index contributed by atoms with van der Waals surface area (Å²) in [5.74, 6) is -1.02. The van der Waals surface area contributed by atoms with Crippen LogP contribution in [0.3, 0.4) is 0 Å². The van der Waals surface area contributed by atoms with E-state index in [1.807, 2.05) is 0 Å². The van der Waals surface area contributed by atoms with Crippen LogP contribution in [0.15, 0.2) is 18.5 Å². The van der Waals surface area contributed by atoms with Crippen LogP contribution >= 0.6 is 0 Å². The minimum absolute atomic E-state index is 0.223. The van der Waals surface area contributed by atoms with Gasteiger partial charge in [-0.2, -0.15) is 13.2 Å². The van der Waals surface area contributed by atoms with Gasteiger partial charge in [-0.05, 0) is 19.9 Å². The maximum Gasteiger partial charge on any atom is 0.413 e. The van der Waals surface area contributed by atoms with Crippen LogP contribution in [-0.4, -0.2) is 29.1 Å². The Labute approximate surface area is 102 Å². The molecule has 0 saturated carbocycles. The molecule has 0 fully saturated rings. The molecule has 100 valence electrons. The van der Waals surface area contributed by atoms with E-state index in [9.17, 15) is 18.0 Å². The fourth-order valence-corrected chi connectivity index (χ4v) is 1.22. The van der Waals surface area contributed by atoms with Crippen LogP contribution in [0.2, 0.25) is 0 Å². The lowest BCUT2D eigenvalue weighted by Gasteiger charge is -2.25. The molecule has 0 spiro atoms. The molecule has 0 aliphatic rings. The van der Waals surface area contributed by atoms with Crippen molar-refractivity contribution in [1.29, 1.82) is 0 Å². The first kappa shape index (κ1) is 14.4. The minimum Gasteiger partial charge on any atom is -0.492 e. The number of alkyl halides is 3. The van der Waals surface area contributed by atoms with E-state index in [1.54, 1.807) is 6.92 Å². The zero-order valence-corrected chi connectivity index (χ0v) is 9.91. The van der Waals surface area contributed by atoms with Crippen molar-refractivity contribution in [3.05, 3.63) is 24.0 Å². The molecular weight excluding hydrogens is 249 g/mol. The predicted octanol–water partition coefficient (Wildman–Crippen LogP) is 1.94. The smallest absolute Gasteiger partial charge is 0.413 e. The van der Waals surface area contributed by atoms with Gasteiger partial charge in [0, 0.05) is 11.8 Å². The van der Waals surface area contributed by atoms with Crippen LogP contribution < -0.4 is 10.5 Å². The maximum atomic E-state index is 12.6. The number of hydrogen-bond acceptors (Lipinski definition) is 4. The number of ketones is 1. The van der Waals surface area contributed by atoms with Gasteiger partial charge in [-0.3, -0.25) is 9.78 Å². The van der Waals surface area contributed by atoms with E-state index in [1.165, 1.54) is 12.3 Å². The highest BCUT2D eigenvalue weighted by molar-refractivity contribution is 6.03. The lowest BCUT2D eigenvalue weighted by Crippen LogP contribution is -2.57. The van der Waals surface area contributed by atoms with Crippen molar-refractivity contribution in [2.24, 2.45) is 5.73 Å². The molecule has 0 aliphatic heterocycles. The molecule has 7 heteroatoms. The van der Waals surface area contributed by atoms with E-state index in [0.717, 1.165) is 6.20 Å². The number of halogens is 3. The fraction of sp³-hybridized carbons (Fsp3) is 0.455. The van der Waals surface area contributed by atoms with Gasteiger partial charge in [-0.1, -0.05) is 0 Å². The molecule has 1 atom stereocenters. The highest BCUT2D eigenvalue weighted by Gasteiger charge is 2.53. The van der Waals surface area contributed by atoms with Crippen molar-refractivity contribution in [3.8, 4) is 5.75 Å². The highest BCUT2D eigenvalue weighted by atomic mass is 19.4. The quantitative estimate of drug-likeness (QED) is 0.842. The zero-order chi connectivity index (χ0) is 14.0. The van der Waals surface area contributed by atoms with Gasteiger partial charge in [0.15, 0.2) is 11.3 Å². The van der Waals surface area contributed by atoms with Gasteiger partial charge in [-0.15, -0.1) is 0 Å². The molecule has 2 N–H and O–H groups in total. The molecule has 1 aromatic rings. The fourth-order valence-electron chi connectivity index (χ4n) is 1.22. The Kier molecular flexibility index (Phi) is 3.95. The lowest BCUT2D eigenvalue weighted by atomic mass is 9.92. The summed E-state index contributed by atoms with van der Waals surface area (Å²) in [4.78, 5) is 15.4. The molecule has 0 saturated heterocycles. The van der Waals surface area contributed by atoms with Crippen molar-refractivity contribution in [2.75, 3.05) is 6.61 Å². The number of carbonyl (C=O) groups excluding carboxylic acids is 1. The Hall–Kier alpha value is -1.63. The summed E-state index contributed by atoms with van der Waals surface area (Å²) < 4.78 is 42.9. The predicted molar refractivity (Wildman–Crippen MR) is 58.4 cm³/mol. The van der Waals surface area contributed by atoms with E-state index >= 15 is 0 Å². The number of ether oxygens (including phenoxy) is 1. The molecule has 0 aromatic carbocycles. The van der Waals surface area contributed by atoms with Gasteiger partial charge in [0.25, 0.3) is 0 Å². The SMILES string of the molecule is CCOc1cncc(C(=O)C(C)(N)C(F)(F)F)c1. The third kappa shape index (κ3) is 2.79. The molecule has 18 heavy (non-hydrogen) atoms. The van der Waals surface area contributed by atoms with Crippen LogP contribution in [0.25, 0.3) is 0 Å². The van der Waals surface area contributed by atoms with Crippen molar-refractivity contribution < 1.29 is 22.7 Å². The summed E-state index contributed by atoms with van der Waals surface area (Å²) in [5, 5.41) is 0. The summed E-state index contributed by atoms with van der Waals surface area (Å²) in [6, 6.07) is 1.19. The lowest BCUT2D eigenvalue weighted by molar-refractivity contribution is -0.165. The van der Waals surface area contributed by atoms with E-state index in [2.05, 4.69) is 4.98 Å². The van der Waals surface area contributed by atoms with Crippen LogP contribution in [0.1, 0.15) is 24.2 Å². The third-order valence-electron chi connectivity index (χ3n) is 2.35. The van der Waals surface area contributed by atoms with Gasteiger partial charge >= 0.3 is 6.18 Å². The summed E-state index contributed by atoms with van der Waals surface area (Å²) in [6.45, 7) is 2.65. The van der Waals surface area contributed by atoms with E-state index < -0.39 is 17.5 Å². The molecule has 0 radical (unpaired) electrons. The van der Waals surface area contributed by atoms with Gasteiger partial charge in [-0.25, -0.2) is 0 Å². The number of Topliss-reactive ketones (excluding diaryl/α,β-unsaturated/α-hetero) is 1. The molecule has 0 amide bonds. The number of carbonyl (C=O) groups is 1. The monoisotopic (exact) mass is 262 g/mol. The molecule has 1 heterocycles. The summed E-state index contributed by atoms with van der Waals surface area (Å²) in [6.07, 6.45) is -2.49. The zero-order valence-electron chi connectivity index (χ0n) is 9.91. The standard InChI is InChI=1S/C11H13F3N2O2/c1-3-18-8-4-7(5-16-6-8)9(17)10(2,15)11(12,13)14/h4-6H,3,15H2,1-2H3. The van der Waals surface area contributed by atoms with Crippen molar-refractivity contribution in [2.45, 2.75) is 25.6 Å². The Bertz CT molecular complexity index is 444. The highest BCUT2D eigenvalue weighted by Crippen LogP contribution is 2.31. The number of hydrogen-bond donors (Lipinski definition) is 1. The van der Waals surface area contributed by atoms with Crippen molar-refractivity contribution in [1.82, 2.24) is 4.98 Å². The number of aromatic nitrogens is 1. The second-order valence-electron chi connectivity index (χ2n) is 3.87. The molecule has 0 aliphatic carbocycles. The Morgan fingerprint density at radius 2 is 2.06 bits per heavy atom. The maximum absolute atomic E-state index is 12.6. The Morgan fingerprint density at radius 3 is 2.56 bits per heavy atom. The molecule has 1 aromatic heterocycles. The molecule has 4 nitrogen and oxygen atoms in total. The van der Waals surface area contributed by atoms with Crippen LogP contribution in [0.5, 0.6) is 5.75 Å². The topological polar surface area (TPSA) is 65.2 Å². The first-order chi connectivity index (χ1) is 8.20. The summed E-state index contributed by atoms with van der Waals surface area (Å²) >= 11 is 0. The second-order valence-corrected chi connectivity index (χ2v) is 3.87. The van der Waals surface area contributed by atoms with Gasteiger partial charge in [0.05, 0.1) is 12.8 Å². The largest absolute Gasteiger partial charge is 0.492 e. The van der Waals surface area contributed by atoms with Crippen molar-refractivity contribution >= 4 is 5.78 Å². The van der Waals surface area contributed by atoms with Gasteiger partial charge in [0.1, 0.15) is 5.75 Å². The normalized spacial score (nSPS) is 15.0. The van der Waals surface area contributed by atoms with Gasteiger partial charge in [0.2, 0.25) is 0 Å². The third-order valence-corrected chi connectivity index (χ3v) is 2.35. The first-order valence-electron chi connectivity index (χ1n) is 5.18. The van der Waals surface area contributed by atoms with E-state index in [0.29, 0.717) is 13.5 Å². The second kappa shape index (κ2) is 4.93. The van der Waals surface area contributed by atoms with Crippen LogP contribution in [-0.2, 0) is 0 Å². The van der Waals surface area contributed by atoms with Gasteiger partial charge < -0.3 is 10.5 Å². The van der Waals surface area contributed by atoms with Crippen LogP contribution in [0.4, 0.5) is 13.2 Å². The molecule has 0 bridgehead atoms. The number of nitrogens with zero attached hydrogens (tertiary/aromatic N) is 1. The first-order valence-corrected chi connectivity index (χ1v) is 5.18.